The lowest BCUT2D eigenvalue weighted by atomic mass is 10.1. The van der Waals surface area contributed by atoms with Gasteiger partial charge in [-0.3, -0.25) is 0 Å². The molecule has 0 aromatic heterocycles. The second kappa shape index (κ2) is 6.82. The maximum absolute atomic E-state index is 12.3. The molecular weight excluding hydrogens is 252 g/mol. The molecule has 0 saturated carbocycles. The number of rotatable bonds is 6. The van der Waals surface area contributed by atoms with Crippen molar-refractivity contribution in [2.45, 2.75) is 26.0 Å². The van der Waals surface area contributed by atoms with Crippen molar-refractivity contribution in [1.29, 1.82) is 0 Å². The molecule has 0 bridgehead atoms. The van der Waals surface area contributed by atoms with Crippen LogP contribution in [0.5, 0.6) is 5.75 Å². The smallest absolute Gasteiger partial charge is 0.387 e. The zero-order valence-electron chi connectivity index (χ0n) is 10.9. The topological polar surface area (TPSA) is 30.5 Å². The number of ether oxygens (including phenoxy) is 2. The van der Waals surface area contributed by atoms with Gasteiger partial charge in [-0.1, -0.05) is 18.2 Å². The Kier molecular flexibility index (Phi) is 5.10. The van der Waals surface area contributed by atoms with Crippen LogP contribution in [-0.2, 0) is 4.74 Å². The van der Waals surface area contributed by atoms with Gasteiger partial charge in [0.25, 0.3) is 0 Å². The Hall–Kier alpha value is -1.20. The first-order chi connectivity index (χ1) is 9.16. The van der Waals surface area contributed by atoms with Gasteiger partial charge in [-0.2, -0.15) is 8.78 Å². The number of benzene rings is 1. The Labute approximate surface area is 111 Å². The second-order valence-corrected chi connectivity index (χ2v) is 4.78. The molecule has 1 heterocycles. The first-order valence-electron chi connectivity index (χ1n) is 6.51. The molecule has 0 aliphatic carbocycles. The van der Waals surface area contributed by atoms with Gasteiger partial charge in [-0.25, -0.2) is 0 Å². The lowest BCUT2D eigenvalue weighted by Gasteiger charge is -2.19. The van der Waals surface area contributed by atoms with Crippen LogP contribution in [0.1, 0.15) is 24.9 Å². The average molecular weight is 271 g/mol. The third kappa shape index (κ3) is 4.14. The number of halogens is 2. The summed E-state index contributed by atoms with van der Waals surface area (Å²) in [5.74, 6) is 0.741. The first-order valence-corrected chi connectivity index (χ1v) is 6.51. The molecule has 1 fully saturated rings. The van der Waals surface area contributed by atoms with Crippen LogP contribution in [-0.4, -0.2) is 26.4 Å². The summed E-state index contributed by atoms with van der Waals surface area (Å²) in [4.78, 5) is 0. The predicted molar refractivity (Wildman–Crippen MR) is 68.4 cm³/mol. The minimum atomic E-state index is -2.79. The van der Waals surface area contributed by atoms with Gasteiger partial charge in [0.1, 0.15) is 5.75 Å². The maximum atomic E-state index is 12.3. The van der Waals surface area contributed by atoms with Crippen LogP contribution in [0.3, 0.4) is 0 Å². The van der Waals surface area contributed by atoms with Gasteiger partial charge in [-0.05, 0) is 25.3 Å². The molecule has 1 saturated heterocycles. The lowest BCUT2D eigenvalue weighted by Crippen LogP contribution is -2.26. The van der Waals surface area contributed by atoms with E-state index < -0.39 is 6.61 Å². The molecule has 1 aromatic rings. The maximum Gasteiger partial charge on any atom is 0.387 e. The molecule has 1 aliphatic rings. The summed E-state index contributed by atoms with van der Waals surface area (Å²) in [6.45, 7) is 1.56. The van der Waals surface area contributed by atoms with E-state index in [1.807, 2.05) is 13.0 Å². The van der Waals surface area contributed by atoms with Crippen molar-refractivity contribution in [3.05, 3.63) is 29.8 Å². The van der Waals surface area contributed by atoms with Gasteiger partial charge in [0, 0.05) is 24.8 Å². The van der Waals surface area contributed by atoms with Crippen LogP contribution in [0.15, 0.2) is 24.3 Å². The van der Waals surface area contributed by atoms with E-state index in [0.29, 0.717) is 5.92 Å². The van der Waals surface area contributed by atoms with Gasteiger partial charge in [0.2, 0.25) is 0 Å². The van der Waals surface area contributed by atoms with Crippen molar-refractivity contribution >= 4 is 0 Å². The molecule has 0 spiro atoms. The quantitative estimate of drug-likeness (QED) is 0.863. The highest BCUT2D eigenvalue weighted by Crippen LogP contribution is 2.26. The molecule has 2 rings (SSSR count). The van der Waals surface area contributed by atoms with Gasteiger partial charge in [0.05, 0.1) is 6.61 Å². The number of para-hydroxylation sites is 1. The standard InChI is InChI=1S/C14H19F2NO2/c1-10(17-8-11-6-7-18-9-11)12-4-2-3-5-13(12)19-14(15)16/h2-5,10-11,14,17H,6-9H2,1H3. The third-order valence-electron chi connectivity index (χ3n) is 3.34. The predicted octanol–water partition coefficient (Wildman–Crippen LogP) is 2.98. The Morgan fingerprint density at radius 1 is 1.42 bits per heavy atom. The molecule has 3 nitrogen and oxygen atoms in total. The molecule has 0 amide bonds. The molecule has 1 aromatic carbocycles. The second-order valence-electron chi connectivity index (χ2n) is 4.78. The molecule has 5 heteroatoms. The van der Waals surface area contributed by atoms with E-state index in [1.54, 1.807) is 18.2 Å². The van der Waals surface area contributed by atoms with Crippen LogP contribution in [0.25, 0.3) is 0 Å². The molecular formula is C14H19F2NO2. The Balaban J connectivity index is 1.95. The normalized spacial score (nSPS) is 20.7. The highest BCUT2D eigenvalue weighted by molar-refractivity contribution is 5.35. The molecule has 19 heavy (non-hydrogen) atoms. The minimum Gasteiger partial charge on any atom is -0.434 e. The van der Waals surface area contributed by atoms with E-state index in [-0.39, 0.29) is 11.8 Å². The largest absolute Gasteiger partial charge is 0.434 e. The molecule has 2 unspecified atom stereocenters. The monoisotopic (exact) mass is 271 g/mol. The van der Waals surface area contributed by atoms with Crippen molar-refractivity contribution in [3.63, 3.8) is 0 Å². The Bertz CT molecular complexity index is 395. The molecule has 1 aliphatic heterocycles. The highest BCUT2D eigenvalue weighted by Gasteiger charge is 2.18. The Morgan fingerprint density at radius 3 is 2.89 bits per heavy atom. The zero-order chi connectivity index (χ0) is 13.7. The first kappa shape index (κ1) is 14.2. The summed E-state index contributed by atoms with van der Waals surface area (Å²) in [6.07, 6.45) is 1.05. The fraction of sp³-hybridized carbons (Fsp3) is 0.571. The zero-order valence-corrected chi connectivity index (χ0v) is 10.9. The van der Waals surface area contributed by atoms with Crippen LogP contribution in [0, 0.1) is 5.92 Å². The van der Waals surface area contributed by atoms with Gasteiger partial charge in [0.15, 0.2) is 0 Å². The Morgan fingerprint density at radius 2 is 2.21 bits per heavy atom. The van der Waals surface area contributed by atoms with Gasteiger partial charge >= 0.3 is 6.61 Å². The van der Waals surface area contributed by atoms with Crippen molar-refractivity contribution in [3.8, 4) is 5.75 Å². The summed E-state index contributed by atoms with van der Waals surface area (Å²) in [7, 11) is 0. The summed E-state index contributed by atoms with van der Waals surface area (Å²) < 4.78 is 34.5. The van der Waals surface area contributed by atoms with E-state index in [0.717, 1.165) is 31.7 Å². The molecule has 106 valence electrons. The summed E-state index contributed by atoms with van der Waals surface area (Å²) in [5.41, 5.74) is 0.752. The molecule has 1 N–H and O–H groups in total. The molecule has 0 radical (unpaired) electrons. The van der Waals surface area contributed by atoms with E-state index in [4.69, 9.17) is 4.74 Å². The SMILES string of the molecule is CC(NCC1CCOC1)c1ccccc1OC(F)F. The molecule has 2 atom stereocenters. The number of hydrogen-bond donors (Lipinski definition) is 1. The fourth-order valence-electron chi connectivity index (χ4n) is 2.24. The van der Waals surface area contributed by atoms with E-state index in [1.165, 1.54) is 0 Å². The highest BCUT2D eigenvalue weighted by atomic mass is 19.3. The van der Waals surface area contributed by atoms with E-state index >= 15 is 0 Å². The van der Waals surface area contributed by atoms with Crippen molar-refractivity contribution in [2.75, 3.05) is 19.8 Å². The summed E-state index contributed by atoms with van der Waals surface area (Å²) in [5, 5.41) is 3.35. The fourth-order valence-corrected chi connectivity index (χ4v) is 2.24. The van der Waals surface area contributed by atoms with Crippen LogP contribution in [0.2, 0.25) is 0 Å². The van der Waals surface area contributed by atoms with Gasteiger partial charge in [-0.15, -0.1) is 0 Å². The summed E-state index contributed by atoms with van der Waals surface area (Å²) >= 11 is 0. The van der Waals surface area contributed by atoms with E-state index in [2.05, 4.69) is 10.1 Å². The van der Waals surface area contributed by atoms with Crippen LogP contribution in [0.4, 0.5) is 8.78 Å². The summed E-state index contributed by atoms with van der Waals surface area (Å²) in [6, 6.07) is 6.86. The van der Waals surface area contributed by atoms with Crippen LogP contribution < -0.4 is 10.1 Å². The number of nitrogens with one attached hydrogen (secondary N) is 1. The van der Waals surface area contributed by atoms with E-state index in [9.17, 15) is 8.78 Å². The lowest BCUT2D eigenvalue weighted by molar-refractivity contribution is -0.0506. The number of alkyl halides is 2. The average Bonchev–Trinajstić information content (AvgIpc) is 2.89. The van der Waals surface area contributed by atoms with Crippen molar-refractivity contribution in [2.24, 2.45) is 5.92 Å². The minimum absolute atomic E-state index is 0.0319. The van der Waals surface area contributed by atoms with Gasteiger partial charge < -0.3 is 14.8 Å². The third-order valence-corrected chi connectivity index (χ3v) is 3.34. The van der Waals surface area contributed by atoms with Crippen molar-refractivity contribution < 1.29 is 18.3 Å². The number of hydrogen-bond acceptors (Lipinski definition) is 3. The van der Waals surface area contributed by atoms with Crippen LogP contribution >= 0.6 is 0 Å². The van der Waals surface area contributed by atoms with Crippen molar-refractivity contribution in [1.82, 2.24) is 5.32 Å².